The molecule has 120 valence electrons. The van der Waals surface area contributed by atoms with E-state index in [2.05, 4.69) is 50.4 Å². The van der Waals surface area contributed by atoms with Crippen molar-refractivity contribution < 1.29 is 4.79 Å². The summed E-state index contributed by atoms with van der Waals surface area (Å²) in [7, 11) is 0. The molecule has 0 aliphatic carbocycles. The van der Waals surface area contributed by atoms with Gasteiger partial charge in [-0.25, -0.2) is 0 Å². The smallest absolute Gasteiger partial charge is 0.253 e. The number of benzene rings is 2. The number of carbonyl (C=O) groups excluding carboxylic acids is 1. The molecule has 0 spiro atoms. The van der Waals surface area contributed by atoms with Gasteiger partial charge >= 0.3 is 0 Å². The van der Waals surface area contributed by atoms with Crippen molar-refractivity contribution in [3.05, 3.63) is 70.2 Å². The van der Waals surface area contributed by atoms with E-state index in [1.165, 1.54) is 12.0 Å². The molecule has 1 amide bonds. The Balaban J connectivity index is 1.69. The normalized spacial score (nSPS) is 18.6. The predicted molar refractivity (Wildman–Crippen MR) is 96.1 cm³/mol. The van der Waals surface area contributed by atoms with Crippen molar-refractivity contribution in [3.63, 3.8) is 0 Å². The zero-order valence-corrected chi connectivity index (χ0v) is 14.6. The molecule has 0 aromatic heterocycles. The average Bonchev–Trinajstić information content (AvgIpc) is 2.58. The van der Waals surface area contributed by atoms with E-state index in [4.69, 9.17) is 0 Å². The Morgan fingerprint density at radius 1 is 1.09 bits per heavy atom. The molecule has 1 aliphatic rings. The van der Waals surface area contributed by atoms with Crippen molar-refractivity contribution in [2.75, 3.05) is 6.54 Å². The Labute approximate surface area is 145 Å². The van der Waals surface area contributed by atoms with Crippen LogP contribution in [0.5, 0.6) is 0 Å². The van der Waals surface area contributed by atoms with Gasteiger partial charge in [0.1, 0.15) is 0 Å². The Bertz CT molecular complexity index is 659. The lowest BCUT2D eigenvalue weighted by Crippen LogP contribution is -2.50. The maximum absolute atomic E-state index is 12.6. The number of likely N-dealkylation sites (tertiary alicyclic amines) is 1. The molecule has 1 atom stereocenters. The lowest BCUT2D eigenvalue weighted by Gasteiger charge is -2.36. The number of hydrogen-bond donors (Lipinski definition) is 1. The fourth-order valence-electron chi connectivity index (χ4n) is 3.04. The van der Waals surface area contributed by atoms with Gasteiger partial charge in [-0.1, -0.05) is 42.5 Å². The molecule has 4 heteroatoms. The van der Waals surface area contributed by atoms with E-state index in [9.17, 15) is 4.79 Å². The Kier molecular flexibility index (Phi) is 5.47. The number of carbonyl (C=O) groups is 1. The van der Waals surface area contributed by atoms with Gasteiger partial charge in [-0.05, 0) is 52.9 Å². The molecule has 0 bridgehead atoms. The predicted octanol–water partition coefficient (Wildman–Crippen LogP) is 4.19. The second-order valence-corrected chi connectivity index (χ2v) is 6.78. The monoisotopic (exact) mass is 372 g/mol. The zero-order valence-electron chi connectivity index (χ0n) is 13.0. The quantitative estimate of drug-likeness (QED) is 0.872. The van der Waals surface area contributed by atoms with Gasteiger partial charge in [-0.15, -0.1) is 0 Å². The average molecular weight is 373 g/mol. The fraction of sp³-hybridized carbons (Fsp3) is 0.316. The van der Waals surface area contributed by atoms with Gasteiger partial charge in [0, 0.05) is 17.6 Å². The lowest BCUT2D eigenvalue weighted by molar-refractivity contribution is 0.0753. The number of nitrogens with zero attached hydrogens (tertiary/aromatic N) is 1. The molecule has 1 unspecified atom stereocenters. The molecule has 1 fully saturated rings. The van der Waals surface area contributed by atoms with Crippen molar-refractivity contribution in [1.82, 2.24) is 10.2 Å². The van der Waals surface area contributed by atoms with Crippen LogP contribution in [0.4, 0.5) is 0 Å². The molecule has 1 saturated heterocycles. The highest BCUT2D eigenvalue weighted by Crippen LogP contribution is 2.20. The first-order valence-electron chi connectivity index (χ1n) is 8.07. The van der Waals surface area contributed by atoms with Crippen molar-refractivity contribution in [2.45, 2.75) is 32.0 Å². The van der Waals surface area contributed by atoms with Crippen molar-refractivity contribution in [1.29, 1.82) is 0 Å². The van der Waals surface area contributed by atoms with E-state index < -0.39 is 0 Å². The first-order valence-corrected chi connectivity index (χ1v) is 8.87. The van der Waals surface area contributed by atoms with E-state index >= 15 is 0 Å². The molecule has 1 aliphatic heterocycles. The molecule has 0 radical (unpaired) electrons. The number of hydrogen-bond acceptors (Lipinski definition) is 2. The second-order valence-electron chi connectivity index (χ2n) is 5.92. The van der Waals surface area contributed by atoms with E-state index in [-0.39, 0.29) is 12.1 Å². The van der Waals surface area contributed by atoms with E-state index in [0.717, 1.165) is 30.4 Å². The Hall–Kier alpha value is -1.65. The number of rotatable bonds is 4. The Morgan fingerprint density at radius 2 is 1.83 bits per heavy atom. The molecule has 3 nitrogen and oxygen atoms in total. The topological polar surface area (TPSA) is 32.3 Å². The van der Waals surface area contributed by atoms with Crippen LogP contribution in [0, 0.1) is 0 Å². The summed E-state index contributed by atoms with van der Waals surface area (Å²) in [5, 5.41) is 3.20. The van der Waals surface area contributed by atoms with Crippen molar-refractivity contribution in [3.8, 4) is 0 Å². The van der Waals surface area contributed by atoms with Crippen LogP contribution in [0.15, 0.2) is 59.1 Å². The van der Waals surface area contributed by atoms with Gasteiger partial charge in [-0.2, -0.15) is 0 Å². The zero-order chi connectivity index (χ0) is 16.1. The van der Waals surface area contributed by atoms with Crippen molar-refractivity contribution in [2.24, 2.45) is 0 Å². The summed E-state index contributed by atoms with van der Waals surface area (Å²) in [6, 6.07) is 18.0. The molecule has 1 heterocycles. The highest BCUT2D eigenvalue weighted by molar-refractivity contribution is 9.10. The molecule has 2 aromatic carbocycles. The number of amides is 1. The number of nitrogens with one attached hydrogen (secondary N) is 1. The van der Waals surface area contributed by atoms with Gasteiger partial charge in [0.2, 0.25) is 0 Å². The Morgan fingerprint density at radius 3 is 2.61 bits per heavy atom. The molecule has 3 rings (SSSR count). The maximum Gasteiger partial charge on any atom is 0.253 e. The summed E-state index contributed by atoms with van der Waals surface area (Å²) >= 11 is 3.46. The summed E-state index contributed by atoms with van der Waals surface area (Å²) < 4.78 is 0.836. The van der Waals surface area contributed by atoms with Crippen LogP contribution in [0.25, 0.3) is 0 Å². The molecular formula is C19H21BrN2O. The fourth-order valence-corrected chi connectivity index (χ4v) is 3.50. The van der Waals surface area contributed by atoms with Gasteiger partial charge in [0.15, 0.2) is 0 Å². The van der Waals surface area contributed by atoms with Gasteiger partial charge in [0.25, 0.3) is 5.91 Å². The first kappa shape index (κ1) is 16.2. The largest absolute Gasteiger partial charge is 0.336 e. The summed E-state index contributed by atoms with van der Waals surface area (Å²) in [4.78, 5) is 14.9. The molecule has 0 saturated carbocycles. The molecular weight excluding hydrogens is 352 g/mol. The van der Waals surface area contributed by atoms with Gasteiger partial charge in [0.05, 0.1) is 11.7 Å². The van der Waals surface area contributed by atoms with Crippen LogP contribution in [-0.2, 0) is 6.54 Å². The summed E-state index contributed by atoms with van der Waals surface area (Å²) in [5.41, 5.74) is 1.98. The third-order valence-electron chi connectivity index (χ3n) is 4.26. The third-order valence-corrected chi connectivity index (χ3v) is 4.95. The molecule has 1 N–H and O–H groups in total. The minimum absolute atomic E-state index is 0.0116. The maximum atomic E-state index is 12.6. The second kappa shape index (κ2) is 7.75. The highest BCUT2D eigenvalue weighted by atomic mass is 79.9. The SMILES string of the molecule is O=C(NC1CCCCN1Cc1ccccc1)c1ccccc1Br. The minimum Gasteiger partial charge on any atom is -0.336 e. The van der Waals surface area contributed by atoms with Crippen LogP contribution < -0.4 is 5.32 Å². The summed E-state index contributed by atoms with van der Waals surface area (Å²) in [6.45, 7) is 1.90. The van der Waals surface area contributed by atoms with Crippen LogP contribution in [0.2, 0.25) is 0 Å². The van der Waals surface area contributed by atoms with Crippen LogP contribution in [0.1, 0.15) is 35.2 Å². The van der Waals surface area contributed by atoms with Crippen LogP contribution >= 0.6 is 15.9 Å². The van der Waals surface area contributed by atoms with Gasteiger partial charge < -0.3 is 5.32 Å². The number of halogens is 1. The van der Waals surface area contributed by atoms with E-state index in [1.54, 1.807) is 0 Å². The van der Waals surface area contributed by atoms with Crippen LogP contribution in [0.3, 0.4) is 0 Å². The molecule has 2 aromatic rings. The first-order chi connectivity index (χ1) is 11.2. The van der Waals surface area contributed by atoms with Crippen molar-refractivity contribution >= 4 is 21.8 Å². The third kappa shape index (κ3) is 4.21. The lowest BCUT2D eigenvalue weighted by atomic mass is 10.1. The summed E-state index contributed by atoms with van der Waals surface area (Å²) in [5.74, 6) is -0.0116. The van der Waals surface area contributed by atoms with E-state index in [0.29, 0.717) is 5.56 Å². The molecule has 23 heavy (non-hydrogen) atoms. The highest BCUT2D eigenvalue weighted by Gasteiger charge is 2.24. The standard InChI is InChI=1S/C19H21BrN2O/c20-17-11-5-4-10-16(17)19(23)21-18-12-6-7-13-22(18)14-15-8-2-1-3-9-15/h1-5,8-11,18H,6-7,12-14H2,(H,21,23). The van der Waals surface area contributed by atoms with Gasteiger partial charge in [-0.3, -0.25) is 9.69 Å². The number of piperidine rings is 1. The van der Waals surface area contributed by atoms with E-state index in [1.807, 2.05) is 30.3 Å². The van der Waals surface area contributed by atoms with Crippen LogP contribution in [-0.4, -0.2) is 23.5 Å². The minimum atomic E-state index is -0.0116. The summed E-state index contributed by atoms with van der Waals surface area (Å²) in [6.07, 6.45) is 3.45.